The summed E-state index contributed by atoms with van der Waals surface area (Å²) in [5, 5.41) is 5.56. The zero-order chi connectivity index (χ0) is 29.7. The summed E-state index contributed by atoms with van der Waals surface area (Å²) < 4.78 is 30.6. The summed E-state index contributed by atoms with van der Waals surface area (Å²) in [5.74, 6) is -2.04. The van der Waals surface area contributed by atoms with Gasteiger partial charge in [0.25, 0.3) is 0 Å². The third-order valence-corrected chi connectivity index (χ3v) is 6.74. The highest BCUT2D eigenvalue weighted by molar-refractivity contribution is 5.85. The molecule has 4 rings (SSSR count). The number of anilines is 2. The van der Waals surface area contributed by atoms with Gasteiger partial charge >= 0.3 is 12.2 Å². The van der Waals surface area contributed by atoms with Gasteiger partial charge in [0.2, 0.25) is 0 Å². The summed E-state index contributed by atoms with van der Waals surface area (Å²) in [4.78, 5) is 24.5. The standard InChI is InChI=1S/C32H44N2O7/c1-29(2,3)39-27(35)33-25-15-11-23(12-16-25)31(19-7-9-21-37-31)41-32(20-8-10-22-38-32)24-13-17-26(18-14-24)34-28(36)40-30(4,5)6/h11-18H,7-10,19-22H2,1-6H3,(H,33,35)(H,34,36). The summed E-state index contributed by atoms with van der Waals surface area (Å²) in [6, 6.07) is 15.0. The monoisotopic (exact) mass is 568 g/mol. The van der Waals surface area contributed by atoms with E-state index in [9.17, 15) is 9.59 Å². The molecule has 2 atom stereocenters. The van der Waals surface area contributed by atoms with Gasteiger partial charge in [-0.05, 0) is 91.5 Å². The maximum Gasteiger partial charge on any atom is 0.412 e. The minimum absolute atomic E-state index is 0.510. The average Bonchev–Trinajstić information content (AvgIpc) is 2.88. The molecule has 2 aromatic rings. The number of hydrogen-bond donors (Lipinski definition) is 2. The van der Waals surface area contributed by atoms with Crippen molar-refractivity contribution in [1.82, 2.24) is 0 Å². The molecule has 41 heavy (non-hydrogen) atoms. The maximum absolute atomic E-state index is 12.3. The highest BCUT2D eigenvalue weighted by atomic mass is 16.8. The Hall–Kier alpha value is -3.14. The first-order valence-electron chi connectivity index (χ1n) is 14.5. The van der Waals surface area contributed by atoms with E-state index < -0.39 is 35.0 Å². The van der Waals surface area contributed by atoms with E-state index in [-0.39, 0.29) is 0 Å². The van der Waals surface area contributed by atoms with E-state index >= 15 is 0 Å². The van der Waals surface area contributed by atoms with Crippen molar-refractivity contribution < 1.29 is 33.3 Å². The Kier molecular flexibility index (Phi) is 9.31. The molecule has 2 N–H and O–H groups in total. The van der Waals surface area contributed by atoms with Crippen LogP contribution in [0.5, 0.6) is 0 Å². The van der Waals surface area contributed by atoms with Crippen LogP contribution in [0.1, 0.15) is 91.2 Å². The lowest BCUT2D eigenvalue weighted by molar-refractivity contribution is -0.392. The second-order valence-electron chi connectivity index (χ2n) is 12.6. The molecule has 224 valence electrons. The van der Waals surface area contributed by atoms with Crippen LogP contribution in [-0.2, 0) is 35.3 Å². The number of nitrogens with one attached hydrogen (secondary N) is 2. The smallest absolute Gasteiger partial charge is 0.412 e. The predicted molar refractivity (Wildman–Crippen MR) is 157 cm³/mol. The van der Waals surface area contributed by atoms with Crippen molar-refractivity contribution in [1.29, 1.82) is 0 Å². The molecule has 9 nitrogen and oxygen atoms in total. The lowest BCUT2D eigenvalue weighted by Crippen LogP contribution is -2.47. The maximum atomic E-state index is 12.3. The van der Waals surface area contributed by atoms with Gasteiger partial charge in [0.1, 0.15) is 11.2 Å². The normalized spacial score (nSPS) is 23.4. The Labute approximate surface area is 243 Å². The van der Waals surface area contributed by atoms with Crippen LogP contribution in [-0.4, -0.2) is 36.6 Å². The topological polar surface area (TPSA) is 104 Å². The van der Waals surface area contributed by atoms with Crippen molar-refractivity contribution in [3.05, 3.63) is 59.7 Å². The van der Waals surface area contributed by atoms with Gasteiger partial charge in [-0.25, -0.2) is 9.59 Å². The molecule has 2 amide bonds. The van der Waals surface area contributed by atoms with Crippen molar-refractivity contribution in [3.63, 3.8) is 0 Å². The molecule has 2 unspecified atom stereocenters. The molecule has 2 aliphatic rings. The molecule has 0 saturated carbocycles. The van der Waals surface area contributed by atoms with Crippen LogP contribution in [0.3, 0.4) is 0 Å². The summed E-state index contributed by atoms with van der Waals surface area (Å²) in [5.41, 5.74) is 1.76. The summed E-state index contributed by atoms with van der Waals surface area (Å²) in [7, 11) is 0. The van der Waals surface area contributed by atoms with Crippen LogP contribution in [0.15, 0.2) is 48.5 Å². The molecule has 0 bridgehead atoms. The SMILES string of the molecule is CC(C)(C)OC(=O)Nc1ccc(C2(OC3(c4ccc(NC(=O)OC(C)(C)C)cc4)CCCCO3)CCCCO2)cc1. The van der Waals surface area contributed by atoms with Crippen molar-refractivity contribution in [2.75, 3.05) is 23.8 Å². The first kappa shape index (κ1) is 30.8. The average molecular weight is 569 g/mol. The Morgan fingerprint density at radius 1 is 0.634 bits per heavy atom. The van der Waals surface area contributed by atoms with Crippen LogP contribution in [0.25, 0.3) is 0 Å². The Bertz CT molecular complexity index is 1080. The zero-order valence-corrected chi connectivity index (χ0v) is 25.1. The quantitative estimate of drug-likeness (QED) is 0.366. The minimum Gasteiger partial charge on any atom is -0.444 e. The zero-order valence-electron chi connectivity index (χ0n) is 25.1. The summed E-state index contributed by atoms with van der Waals surface area (Å²) in [6.45, 7) is 12.1. The molecular weight excluding hydrogens is 524 g/mol. The molecular formula is C32H44N2O7. The fourth-order valence-electron chi connectivity index (χ4n) is 5.00. The van der Waals surface area contributed by atoms with E-state index in [2.05, 4.69) is 10.6 Å². The molecule has 0 radical (unpaired) electrons. The van der Waals surface area contributed by atoms with E-state index in [0.29, 0.717) is 37.4 Å². The number of ether oxygens (including phenoxy) is 5. The molecule has 2 aliphatic heterocycles. The number of benzene rings is 2. The van der Waals surface area contributed by atoms with Gasteiger partial charge in [0, 0.05) is 35.3 Å². The van der Waals surface area contributed by atoms with Crippen LogP contribution in [0, 0.1) is 0 Å². The van der Waals surface area contributed by atoms with Gasteiger partial charge in [0.05, 0.1) is 13.2 Å². The van der Waals surface area contributed by atoms with E-state index in [0.717, 1.165) is 36.8 Å². The first-order chi connectivity index (χ1) is 19.3. The van der Waals surface area contributed by atoms with Gasteiger partial charge in [-0.1, -0.05) is 24.3 Å². The third-order valence-electron chi connectivity index (χ3n) is 6.74. The largest absolute Gasteiger partial charge is 0.444 e. The molecule has 0 spiro atoms. The summed E-state index contributed by atoms with van der Waals surface area (Å²) in [6.07, 6.45) is 4.07. The number of carbonyl (C=O) groups is 2. The highest BCUT2D eigenvalue weighted by Crippen LogP contribution is 2.47. The fraction of sp³-hybridized carbons (Fsp3) is 0.562. The molecule has 2 aromatic carbocycles. The second-order valence-corrected chi connectivity index (χ2v) is 12.6. The number of rotatable bonds is 6. The minimum atomic E-state index is -1.02. The predicted octanol–water partition coefficient (Wildman–Crippen LogP) is 7.80. The molecule has 2 heterocycles. The van der Waals surface area contributed by atoms with Crippen molar-refractivity contribution in [2.24, 2.45) is 0 Å². The van der Waals surface area contributed by atoms with E-state index in [1.54, 1.807) is 0 Å². The lowest BCUT2D eigenvalue weighted by atomic mass is 9.93. The number of hydrogen-bond acceptors (Lipinski definition) is 7. The van der Waals surface area contributed by atoms with E-state index in [1.165, 1.54) is 0 Å². The Balaban J connectivity index is 1.57. The molecule has 9 heteroatoms. The second kappa shape index (κ2) is 12.4. The molecule has 0 aromatic heterocycles. The van der Waals surface area contributed by atoms with Gasteiger partial charge in [-0.3, -0.25) is 10.6 Å². The summed E-state index contributed by atoms with van der Waals surface area (Å²) >= 11 is 0. The van der Waals surface area contributed by atoms with Gasteiger partial charge in [0.15, 0.2) is 11.6 Å². The Morgan fingerprint density at radius 3 is 1.29 bits per heavy atom. The Morgan fingerprint density at radius 2 is 1.00 bits per heavy atom. The first-order valence-corrected chi connectivity index (χ1v) is 14.5. The molecule has 2 fully saturated rings. The van der Waals surface area contributed by atoms with Gasteiger partial charge < -0.3 is 23.7 Å². The van der Waals surface area contributed by atoms with Crippen LogP contribution in [0.4, 0.5) is 21.0 Å². The molecule has 0 aliphatic carbocycles. The van der Waals surface area contributed by atoms with Crippen molar-refractivity contribution >= 4 is 23.6 Å². The van der Waals surface area contributed by atoms with Crippen molar-refractivity contribution in [2.45, 2.75) is 103 Å². The fourth-order valence-corrected chi connectivity index (χ4v) is 5.00. The van der Waals surface area contributed by atoms with Crippen molar-refractivity contribution in [3.8, 4) is 0 Å². The van der Waals surface area contributed by atoms with Crippen LogP contribution < -0.4 is 10.6 Å². The number of carbonyl (C=O) groups excluding carboxylic acids is 2. The lowest BCUT2D eigenvalue weighted by Gasteiger charge is -2.47. The van der Waals surface area contributed by atoms with Crippen LogP contribution >= 0.6 is 0 Å². The van der Waals surface area contributed by atoms with E-state index in [1.807, 2.05) is 90.1 Å². The van der Waals surface area contributed by atoms with Gasteiger partial charge in [-0.2, -0.15) is 0 Å². The highest BCUT2D eigenvalue weighted by Gasteiger charge is 2.48. The number of amides is 2. The molecule has 2 saturated heterocycles. The van der Waals surface area contributed by atoms with E-state index in [4.69, 9.17) is 23.7 Å². The van der Waals surface area contributed by atoms with Gasteiger partial charge in [-0.15, -0.1) is 0 Å². The third kappa shape index (κ3) is 8.44. The van der Waals surface area contributed by atoms with Crippen LogP contribution in [0.2, 0.25) is 0 Å².